The van der Waals surface area contributed by atoms with Gasteiger partial charge >= 0.3 is 5.69 Å². The van der Waals surface area contributed by atoms with Crippen LogP contribution in [0.4, 0.5) is 4.39 Å². The van der Waals surface area contributed by atoms with E-state index < -0.39 is 23.1 Å². The van der Waals surface area contributed by atoms with E-state index in [2.05, 4.69) is 68.6 Å². The average Bonchev–Trinajstić information content (AvgIpc) is 3.58. The molecule has 52 heavy (non-hydrogen) atoms. The highest BCUT2D eigenvalue weighted by Gasteiger charge is 2.29. The fourth-order valence-electron chi connectivity index (χ4n) is 7.98. The fraction of sp³-hybridized carbons (Fsp3) is 0.325. The number of para-hydroxylation sites is 2. The summed E-state index contributed by atoms with van der Waals surface area (Å²) in [5.41, 5.74) is 4.13. The number of nitrogens with one attached hydrogen (secondary N) is 3. The first-order valence-electron chi connectivity index (χ1n) is 18.0. The van der Waals surface area contributed by atoms with Crippen LogP contribution in [0, 0.1) is 5.82 Å². The summed E-state index contributed by atoms with van der Waals surface area (Å²) in [7, 11) is 0. The molecule has 0 unspecified atom stereocenters. The number of carbonyl (C=O) groups is 1. The molecule has 8 rings (SSSR count). The third kappa shape index (κ3) is 6.67. The number of halogens is 1. The highest BCUT2D eigenvalue weighted by atomic mass is 19.1. The van der Waals surface area contributed by atoms with Crippen molar-refractivity contribution < 1.29 is 9.18 Å². The Bertz CT molecular complexity index is 2350. The minimum absolute atomic E-state index is 0.0335. The molecule has 6 aromatic rings. The Hall–Kier alpha value is -5.46. The van der Waals surface area contributed by atoms with Crippen LogP contribution in [0.5, 0.6) is 0 Å². The van der Waals surface area contributed by atoms with Gasteiger partial charge < -0.3 is 15.6 Å². The number of hydrogen-bond donors (Lipinski definition) is 3. The smallest absolute Gasteiger partial charge is 0.337 e. The lowest BCUT2D eigenvalue weighted by Gasteiger charge is -2.36. The normalized spacial score (nSPS) is 21.1. The van der Waals surface area contributed by atoms with E-state index in [0.29, 0.717) is 49.0 Å². The zero-order valence-corrected chi connectivity index (χ0v) is 29.2. The largest absolute Gasteiger partial charge is 0.347 e. The first kappa shape index (κ1) is 33.7. The maximum absolute atomic E-state index is 14.6. The second-order valence-electron chi connectivity index (χ2n) is 14.3. The molecule has 1 saturated carbocycles. The van der Waals surface area contributed by atoms with Crippen LogP contribution in [0.15, 0.2) is 94.6 Å². The number of aromatic nitrogens is 5. The Balaban J connectivity index is 1.05. The third-order valence-electron chi connectivity index (χ3n) is 10.3. The quantitative estimate of drug-likeness (QED) is 0.206. The van der Waals surface area contributed by atoms with Crippen molar-refractivity contribution in [1.82, 2.24) is 39.6 Å². The Kier molecular flexibility index (Phi) is 9.02. The zero-order valence-electron chi connectivity index (χ0n) is 29.2. The second kappa shape index (κ2) is 13.9. The van der Waals surface area contributed by atoms with Crippen LogP contribution in [-0.2, 0) is 6.54 Å². The Morgan fingerprint density at radius 1 is 0.904 bits per heavy atom. The van der Waals surface area contributed by atoms with Crippen molar-refractivity contribution in [1.29, 1.82) is 0 Å². The SMILES string of the molecule is C[C@@H]1CN(Cc2ccc(-c3cccc(-n4c(=O)n([C@H]5CC[C@@H](NC(=O)c6nc7ccccc7[nH]6)CC5)c(=O)c5cc(F)cnc54)c3)cc2)C[C@H](C)N1. The van der Waals surface area contributed by atoms with E-state index in [9.17, 15) is 18.8 Å². The molecule has 11 nitrogen and oxygen atoms in total. The molecular formula is C40H41FN8O3. The number of rotatable bonds is 7. The minimum Gasteiger partial charge on any atom is -0.347 e. The number of amides is 1. The summed E-state index contributed by atoms with van der Waals surface area (Å²) in [6.45, 7) is 7.29. The predicted molar refractivity (Wildman–Crippen MR) is 199 cm³/mol. The Morgan fingerprint density at radius 3 is 2.40 bits per heavy atom. The maximum Gasteiger partial charge on any atom is 0.337 e. The number of pyridine rings is 1. The highest BCUT2D eigenvalue weighted by Crippen LogP contribution is 2.29. The minimum atomic E-state index is -0.656. The van der Waals surface area contributed by atoms with E-state index in [0.717, 1.165) is 48.5 Å². The number of imidazole rings is 1. The van der Waals surface area contributed by atoms with Gasteiger partial charge in [0.25, 0.3) is 11.5 Å². The van der Waals surface area contributed by atoms with Crippen LogP contribution < -0.4 is 21.9 Å². The lowest BCUT2D eigenvalue weighted by molar-refractivity contribution is 0.0912. The van der Waals surface area contributed by atoms with Crippen LogP contribution in [0.2, 0.25) is 0 Å². The van der Waals surface area contributed by atoms with Crippen molar-refractivity contribution in [2.75, 3.05) is 13.1 Å². The average molecular weight is 701 g/mol. The van der Waals surface area contributed by atoms with Gasteiger partial charge in [0, 0.05) is 43.8 Å². The molecule has 0 spiro atoms. The van der Waals surface area contributed by atoms with Gasteiger partial charge in [-0.05, 0) is 86.6 Å². The van der Waals surface area contributed by atoms with Crippen molar-refractivity contribution in [3.05, 3.63) is 123 Å². The molecule has 3 aromatic heterocycles. The van der Waals surface area contributed by atoms with Crippen molar-refractivity contribution in [3.63, 3.8) is 0 Å². The number of fused-ring (bicyclic) bond motifs is 2. The molecule has 2 atom stereocenters. The molecule has 2 aliphatic rings. The highest BCUT2D eigenvalue weighted by molar-refractivity contribution is 5.94. The van der Waals surface area contributed by atoms with E-state index in [1.165, 1.54) is 14.7 Å². The van der Waals surface area contributed by atoms with Crippen molar-refractivity contribution in [3.8, 4) is 16.8 Å². The number of carbonyl (C=O) groups excluding carboxylic acids is 1. The zero-order chi connectivity index (χ0) is 35.9. The van der Waals surface area contributed by atoms with Crippen molar-refractivity contribution in [2.45, 2.75) is 70.2 Å². The summed E-state index contributed by atoms with van der Waals surface area (Å²) in [5, 5.41) is 6.67. The summed E-state index contributed by atoms with van der Waals surface area (Å²) in [4.78, 5) is 55.4. The van der Waals surface area contributed by atoms with E-state index in [-0.39, 0.29) is 28.8 Å². The van der Waals surface area contributed by atoms with Gasteiger partial charge in [-0.2, -0.15) is 0 Å². The molecular weight excluding hydrogens is 659 g/mol. The van der Waals surface area contributed by atoms with Gasteiger partial charge in [-0.1, -0.05) is 48.5 Å². The molecule has 4 heterocycles. The number of aromatic amines is 1. The molecule has 1 aliphatic heterocycles. The molecule has 0 radical (unpaired) electrons. The predicted octanol–water partition coefficient (Wildman–Crippen LogP) is 5.33. The van der Waals surface area contributed by atoms with Gasteiger partial charge in [-0.3, -0.25) is 19.1 Å². The third-order valence-corrected chi connectivity index (χ3v) is 10.3. The lowest BCUT2D eigenvalue weighted by Crippen LogP contribution is -2.53. The Labute approximate surface area is 299 Å². The Morgan fingerprint density at radius 2 is 1.65 bits per heavy atom. The summed E-state index contributed by atoms with van der Waals surface area (Å²) in [5.74, 6) is -0.717. The summed E-state index contributed by atoms with van der Waals surface area (Å²) in [6, 6.07) is 24.9. The van der Waals surface area contributed by atoms with Crippen molar-refractivity contribution in [2.24, 2.45) is 0 Å². The first-order chi connectivity index (χ1) is 25.2. The molecule has 3 N–H and O–H groups in total. The molecule has 0 bridgehead atoms. The van der Waals surface area contributed by atoms with Gasteiger partial charge in [-0.25, -0.2) is 23.7 Å². The maximum atomic E-state index is 14.6. The van der Waals surface area contributed by atoms with Crippen LogP contribution in [0.1, 0.15) is 61.8 Å². The molecule has 1 amide bonds. The standard InChI is InChI=1S/C40H41FN8O3/c1-24-21-47(22-25(2)43-24)23-26-10-12-27(13-11-26)28-6-5-7-32(18-28)48-37-33(19-29(41)20-42-37)39(51)49(40(48)52)31-16-14-30(15-17-31)44-38(50)36-45-34-8-3-4-9-35(34)46-36/h3-13,18-20,24-25,30-31,43H,14-17,21-23H2,1-2H3,(H,44,50)(H,45,46)/t24-,25+,30-,31+. The summed E-state index contributed by atoms with van der Waals surface area (Å²) >= 11 is 0. The fourth-order valence-corrected chi connectivity index (χ4v) is 7.98. The van der Waals surface area contributed by atoms with E-state index in [1.54, 1.807) is 6.07 Å². The van der Waals surface area contributed by atoms with E-state index >= 15 is 0 Å². The number of H-pyrrole nitrogens is 1. The molecule has 266 valence electrons. The molecule has 2 fully saturated rings. The van der Waals surface area contributed by atoms with Crippen molar-refractivity contribution >= 4 is 28.0 Å². The van der Waals surface area contributed by atoms with Crippen LogP contribution >= 0.6 is 0 Å². The van der Waals surface area contributed by atoms with E-state index in [1.807, 2.05) is 42.5 Å². The van der Waals surface area contributed by atoms with Gasteiger partial charge in [0.1, 0.15) is 5.82 Å². The first-order valence-corrected chi connectivity index (χ1v) is 18.0. The topological polar surface area (TPSA) is 130 Å². The molecule has 12 heteroatoms. The van der Waals surface area contributed by atoms with Gasteiger partial charge in [0.2, 0.25) is 0 Å². The van der Waals surface area contributed by atoms with Crippen LogP contribution in [-0.4, -0.2) is 66.1 Å². The monoisotopic (exact) mass is 700 g/mol. The number of hydrogen-bond acceptors (Lipinski definition) is 7. The summed E-state index contributed by atoms with van der Waals surface area (Å²) in [6.07, 6.45) is 3.10. The van der Waals surface area contributed by atoms with Crippen LogP contribution in [0.25, 0.3) is 38.9 Å². The van der Waals surface area contributed by atoms with Gasteiger partial charge in [0.05, 0.1) is 28.3 Å². The number of nitrogens with zero attached hydrogens (tertiary/aromatic N) is 5. The number of benzene rings is 3. The van der Waals surface area contributed by atoms with Crippen LogP contribution in [0.3, 0.4) is 0 Å². The lowest BCUT2D eigenvalue weighted by atomic mass is 9.91. The molecule has 1 saturated heterocycles. The van der Waals surface area contributed by atoms with Gasteiger partial charge in [-0.15, -0.1) is 0 Å². The molecule has 1 aliphatic carbocycles. The summed E-state index contributed by atoms with van der Waals surface area (Å²) < 4.78 is 17.2. The number of piperazine rings is 1. The van der Waals surface area contributed by atoms with E-state index in [4.69, 9.17) is 0 Å². The second-order valence-corrected chi connectivity index (χ2v) is 14.3. The molecule has 3 aromatic carbocycles. The van der Waals surface area contributed by atoms with Gasteiger partial charge in [0.15, 0.2) is 11.5 Å².